The number of hydrogen-bond acceptors (Lipinski definition) is 0. The lowest BCUT2D eigenvalue weighted by atomic mass is 10.3. The zero-order valence-electron chi connectivity index (χ0n) is 5.39. The van der Waals surface area contributed by atoms with Gasteiger partial charge in [-0.05, 0) is 13.8 Å². The van der Waals surface area contributed by atoms with E-state index in [1.165, 1.54) is 11.6 Å². The van der Waals surface area contributed by atoms with E-state index in [1.807, 2.05) is 26.0 Å². The van der Waals surface area contributed by atoms with Gasteiger partial charge in [-0.25, -0.2) is 0 Å². The first kappa shape index (κ1) is 7.22. The molecule has 0 aliphatic carbocycles. The van der Waals surface area contributed by atoms with Crippen LogP contribution in [0.4, 0.5) is 0 Å². The van der Waals surface area contributed by atoms with Crippen molar-refractivity contribution < 1.29 is 0 Å². The zero-order valence-corrected chi connectivity index (χ0v) is 5.39. The van der Waals surface area contributed by atoms with Crippen molar-refractivity contribution in [3.05, 3.63) is 36.5 Å². The molecule has 0 aromatic rings. The van der Waals surface area contributed by atoms with Crippen molar-refractivity contribution in [2.45, 2.75) is 13.8 Å². The summed E-state index contributed by atoms with van der Waals surface area (Å²) >= 11 is 0. The summed E-state index contributed by atoms with van der Waals surface area (Å²) in [5.74, 6) is 0. The predicted octanol–water partition coefficient (Wildman–Crippen LogP) is 2.50. The maximum Gasteiger partial charge on any atom is -0.0439 e. The van der Waals surface area contributed by atoms with Gasteiger partial charge in [-0.15, -0.1) is 0 Å². The lowest BCUT2D eigenvalue weighted by Crippen LogP contribution is -1.56. The summed E-state index contributed by atoms with van der Waals surface area (Å²) in [6.07, 6.45) is 7.23. The largest absolute Gasteiger partial charge is 0.0764 e. The highest BCUT2D eigenvalue weighted by Gasteiger charge is 1.66. The third-order valence-corrected chi connectivity index (χ3v) is 0.652. The smallest absolute Gasteiger partial charge is 0.0439 e. The predicted molar refractivity (Wildman–Crippen MR) is 37.4 cm³/mol. The van der Waals surface area contributed by atoms with Crippen molar-refractivity contribution in [1.82, 2.24) is 0 Å². The van der Waals surface area contributed by atoms with E-state index in [0.717, 1.165) is 0 Å². The summed E-state index contributed by atoms with van der Waals surface area (Å²) in [5, 5.41) is 0. The van der Waals surface area contributed by atoms with Crippen LogP contribution in [0.25, 0.3) is 0 Å². The summed E-state index contributed by atoms with van der Waals surface area (Å²) in [7, 11) is 0. The van der Waals surface area contributed by atoms with Crippen LogP contribution in [0, 0.1) is 6.58 Å². The van der Waals surface area contributed by atoms with Crippen molar-refractivity contribution >= 4 is 0 Å². The van der Waals surface area contributed by atoms with Gasteiger partial charge in [-0.3, -0.25) is 0 Å². The van der Waals surface area contributed by atoms with Gasteiger partial charge in [-0.2, -0.15) is 0 Å². The van der Waals surface area contributed by atoms with E-state index in [1.54, 1.807) is 6.08 Å². The van der Waals surface area contributed by atoms with Crippen LogP contribution in [-0.2, 0) is 0 Å². The Bertz CT molecular complexity index is 112. The van der Waals surface area contributed by atoms with Crippen LogP contribution in [0.5, 0.6) is 0 Å². The minimum atomic E-state index is 1.28. The van der Waals surface area contributed by atoms with Crippen molar-refractivity contribution in [1.29, 1.82) is 0 Å². The van der Waals surface area contributed by atoms with Gasteiger partial charge >= 0.3 is 0 Å². The quantitative estimate of drug-likeness (QED) is 0.475. The summed E-state index contributed by atoms with van der Waals surface area (Å²) in [5.41, 5.74) is 1.28. The van der Waals surface area contributed by atoms with Crippen molar-refractivity contribution in [2.75, 3.05) is 0 Å². The van der Waals surface area contributed by atoms with Crippen LogP contribution < -0.4 is 0 Å². The summed E-state index contributed by atoms with van der Waals surface area (Å²) < 4.78 is 0. The molecule has 0 heteroatoms. The molecule has 0 aliphatic heterocycles. The van der Waals surface area contributed by atoms with Crippen LogP contribution in [-0.4, -0.2) is 0 Å². The normalized spacial score (nSPS) is 9.25. The van der Waals surface area contributed by atoms with Gasteiger partial charge in [0.05, 0.1) is 0 Å². The minimum Gasteiger partial charge on any atom is -0.0764 e. The van der Waals surface area contributed by atoms with Crippen LogP contribution in [0.15, 0.2) is 29.9 Å². The van der Waals surface area contributed by atoms with Gasteiger partial charge < -0.3 is 0 Å². The Hall–Kier alpha value is -0.780. The molecular formula is C8H11. The lowest BCUT2D eigenvalue weighted by Gasteiger charge is -1.78. The van der Waals surface area contributed by atoms with E-state index in [2.05, 4.69) is 0 Å². The summed E-state index contributed by atoms with van der Waals surface area (Å²) in [6, 6.07) is 0. The Kier molecular flexibility index (Phi) is 3.95. The molecule has 1 radical (unpaired) electrons. The molecule has 0 N–H and O–H groups in total. The Morgan fingerprint density at radius 1 is 1.25 bits per heavy atom. The van der Waals surface area contributed by atoms with E-state index in [0.29, 0.717) is 0 Å². The standard InChI is InChI=1S/C8H11/c1-4-5-6-7-8(2)3/h1,4-7H,2-3H3/b4-1?,6-5+. The Morgan fingerprint density at radius 2 is 1.88 bits per heavy atom. The zero-order chi connectivity index (χ0) is 6.41. The molecule has 0 aromatic heterocycles. The van der Waals surface area contributed by atoms with Gasteiger partial charge in [0.2, 0.25) is 0 Å². The van der Waals surface area contributed by atoms with E-state index in [4.69, 9.17) is 6.58 Å². The maximum absolute atomic E-state index is 5.07. The lowest BCUT2D eigenvalue weighted by molar-refractivity contribution is 1.39. The molecule has 0 unspecified atom stereocenters. The highest BCUT2D eigenvalue weighted by atomic mass is 13.7. The average molecular weight is 107 g/mol. The maximum atomic E-state index is 5.07. The first-order chi connectivity index (χ1) is 3.77. The average Bonchev–Trinajstić information content (AvgIpc) is 1.66. The van der Waals surface area contributed by atoms with Crippen LogP contribution >= 0.6 is 0 Å². The molecule has 0 atom stereocenters. The molecule has 0 saturated heterocycles. The molecule has 0 fully saturated rings. The van der Waals surface area contributed by atoms with Crippen LogP contribution in [0.1, 0.15) is 13.8 Å². The van der Waals surface area contributed by atoms with Crippen molar-refractivity contribution in [3.8, 4) is 0 Å². The monoisotopic (exact) mass is 107 g/mol. The molecule has 0 spiro atoms. The minimum absolute atomic E-state index is 1.28. The summed E-state index contributed by atoms with van der Waals surface area (Å²) in [4.78, 5) is 0. The van der Waals surface area contributed by atoms with Crippen LogP contribution in [0.3, 0.4) is 0 Å². The van der Waals surface area contributed by atoms with E-state index in [9.17, 15) is 0 Å². The topological polar surface area (TPSA) is 0 Å². The molecule has 0 saturated carbocycles. The highest BCUT2D eigenvalue weighted by Crippen LogP contribution is 1.87. The molecule has 0 heterocycles. The molecule has 0 rings (SSSR count). The number of rotatable bonds is 2. The fraction of sp³-hybridized carbons (Fsp3) is 0.250. The van der Waals surface area contributed by atoms with E-state index >= 15 is 0 Å². The SMILES string of the molecule is [CH]=C/C=C/C=C(C)C. The second-order valence-electron chi connectivity index (χ2n) is 1.82. The molecule has 0 amide bonds. The summed E-state index contributed by atoms with van der Waals surface area (Å²) in [6.45, 7) is 9.16. The first-order valence-corrected chi connectivity index (χ1v) is 2.62. The van der Waals surface area contributed by atoms with Gasteiger partial charge in [-0.1, -0.05) is 36.5 Å². The Labute approximate surface area is 51.2 Å². The second-order valence-corrected chi connectivity index (χ2v) is 1.82. The van der Waals surface area contributed by atoms with Gasteiger partial charge in [0, 0.05) is 0 Å². The fourth-order valence-corrected chi connectivity index (χ4v) is 0.312. The fourth-order valence-electron chi connectivity index (χ4n) is 0.312. The second kappa shape index (κ2) is 4.38. The molecular weight excluding hydrogens is 96.1 g/mol. The van der Waals surface area contributed by atoms with Crippen molar-refractivity contribution in [3.63, 3.8) is 0 Å². The third kappa shape index (κ3) is 5.22. The molecule has 0 nitrogen and oxygen atoms in total. The van der Waals surface area contributed by atoms with E-state index in [-0.39, 0.29) is 0 Å². The first-order valence-electron chi connectivity index (χ1n) is 2.62. The van der Waals surface area contributed by atoms with Gasteiger partial charge in [0.15, 0.2) is 0 Å². The van der Waals surface area contributed by atoms with Gasteiger partial charge in [0.25, 0.3) is 0 Å². The number of allylic oxidation sites excluding steroid dienone is 5. The van der Waals surface area contributed by atoms with Gasteiger partial charge in [0.1, 0.15) is 0 Å². The molecule has 0 aliphatic rings. The van der Waals surface area contributed by atoms with Crippen molar-refractivity contribution in [2.24, 2.45) is 0 Å². The van der Waals surface area contributed by atoms with Crippen LogP contribution in [0.2, 0.25) is 0 Å². The van der Waals surface area contributed by atoms with E-state index < -0.39 is 0 Å². The molecule has 8 heavy (non-hydrogen) atoms. The Balaban J connectivity index is 3.57. The number of hydrogen-bond donors (Lipinski definition) is 0. The molecule has 0 aromatic carbocycles. The molecule has 0 bridgehead atoms. The Morgan fingerprint density at radius 3 is 2.25 bits per heavy atom. The molecule has 43 valence electrons. The third-order valence-electron chi connectivity index (χ3n) is 0.652. The highest BCUT2D eigenvalue weighted by molar-refractivity contribution is 5.11.